The predicted molar refractivity (Wildman–Crippen MR) is 62.3 cm³/mol. The lowest BCUT2D eigenvalue weighted by atomic mass is 9.85. The molecule has 2 rings (SSSR count). The van der Waals surface area contributed by atoms with Gasteiger partial charge in [-0.15, -0.1) is 9.24 Å². The van der Waals surface area contributed by atoms with Crippen LogP contribution in [0.4, 0.5) is 0 Å². The summed E-state index contributed by atoms with van der Waals surface area (Å²) in [5.74, 6) is 0.711. The van der Waals surface area contributed by atoms with Crippen molar-refractivity contribution in [3.05, 3.63) is 34.9 Å². The minimum atomic E-state index is 0.711. The van der Waals surface area contributed by atoms with E-state index in [-0.39, 0.29) is 0 Å². The van der Waals surface area contributed by atoms with Crippen molar-refractivity contribution in [1.29, 1.82) is 0 Å². The first-order chi connectivity index (χ1) is 6.16. The van der Waals surface area contributed by atoms with Crippen LogP contribution in [0.15, 0.2) is 23.8 Å². The van der Waals surface area contributed by atoms with Crippen molar-refractivity contribution in [2.45, 2.75) is 20.3 Å². The van der Waals surface area contributed by atoms with Crippen LogP contribution in [0.5, 0.6) is 0 Å². The second-order valence-corrected chi connectivity index (χ2v) is 4.62. The molecule has 0 saturated heterocycles. The lowest BCUT2D eigenvalue weighted by molar-refractivity contribution is 0.672. The molecule has 0 nitrogen and oxygen atoms in total. The van der Waals surface area contributed by atoms with Gasteiger partial charge in [0.1, 0.15) is 0 Å². The summed E-state index contributed by atoms with van der Waals surface area (Å²) in [6, 6.07) is 6.66. The molecule has 1 heteroatoms. The molecule has 0 N–H and O–H groups in total. The molecule has 2 atom stereocenters. The Bertz CT molecular complexity index is 363. The van der Waals surface area contributed by atoms with Crippen LogP contribution in [0.3, 0.4) is 0 Å². The lowest BCUT2D eigenvalue weighted by Gasteiger charge is -2.20. The van der Waals surface area contributed by atoms with Gasteiger partial charge >= 0.3 is 0 Å². The Hall–Kier alpha value is -0.610. The van der Waals surface area contributed by atoms with E-state index in [1.165, 1.54) is 28.4 Å². The minimum absolute atomic E-state index is 0.711. The molecule has 2 unspecified atom stereocenters. The van der Waals surface area contributed by atoms with E-state index < -0.39 is 0 Å². The number of allylic oxidation sites excluding steroid dienone is 1. The third-order valence-corrected chi connectivity index (χ3v) is 3.22. The summed E-state index contributed by atoms with van der Waals surface area (Å²) in [7, 11) is 2.75. The summed E-state index contributed by atoms with van der Waals surface area (Å²) < 4.78 is 0. The van der Waals surface area contributed by atoms with E-state index in [1.807, 2.05) is 0 Å². The van der Waals surface area contributed by atoms with Gasteiger partial charge in [0.25, 0.3) is 0 Å². The second kappa shape index (κ2) is 3.27. The van der Waals surface area contributed by atoms with Crippen LogP contribution in [-0.4, -0.2) is 0 Å². The van der Waals surface area contributed by atoms with Crippen molar-refractivity contribution >= 4 is 20.6 Å². The Kier molecular flexibility index (Phi) is 2.26. The maximum atomic E-state index is 2.75. The number of hydrogen-bond acceptors (Lipinski definition) is 0. The molecule has 0 bridgehead atoms. The van der Waals surface area contributed by atoms with E-state index >= 15 is 0 Å². The molecular formula is C12H15P. The van der Waals surface area contributed by atoms with Crippen LogP contribution in [0.2, 0.25) is 0 Å². The molecule has 1 aromatic carbocycles. The molecule has 0 saturated carbocycles. The zero-order chi connectivity index (χ0) is 9.42. The summed E-state index contributed by atoms with van der Waals surface area (Å²) in [5.41, 5.74) is 4.40. The Labute approximate surface area is 82.3 Å². The third kappa shape index (κ3) is 1.69. The molecule has 1 aliphatic carbocycles. The largest absolute Gasteiger partial charge is 0.106 e. The molecule has 68 valence electrons. The van der Waals surface area contributed by atoms with Crippen LogP contribution in [0.25, 0.3) is 6.08 Å². The van der Waals surface area contributed by atoms with Crippen LogP contribution in [-0.2, 0) is 6.42 Å². The summed E-state index contributed by atoms with van der Waals surface area (Å²) in [6.45, 7) is 4.52. The molecule has 1 aliphatic rings. The summed E-state index contributed by atoms with van der Waals surface area (Å²) in [5, 5.41) is 1.28. The SMILES string of the molecule is CC1=Cc2cc(P)ccc2CC1C. The number of rotatable bonds is 0. The summed E-state index contributed by atoms with van der Waals surface area (Å²) in [4.78, 5) is 0. The summed E-state index contributed by atoms with van der Waals surface area (Å²) in [6.07, 6.45) is 3.51. The molecular weight excluding hydrogens is 175 g/mol. The highest BCUT2D eigenvalue weighted by Crippen LogP contribution is 2.27. The van der Waals surface area contributed by atoms with Crippen LogP contribution in [0, 0.1) is 5.92 Å². The van der Waals surface area contributed by atoms with Crippen LogP contribution in [0.1, 0.15) is 25.0 Å². The fraction of sp³-hybridized carbons (Fsp3) is 0.333. The van der Waals surface area contributed by atoms with Gasteiger partial charge in [0.15, 0.2) is 0 Å². The first-order valence-corrected chi connectivity index (χ1v) is 5.31. The highest BCUT2D eigenvalue weighted by atomic mass is 31.0. The topological polar surface area (TPSA) is 0 Å². The number of hydrogen-bond donors (Lipinski definition) is 0. The highest BCUT2D eigenvalue weighted by molar-refractivity contribution is 7.27. The van der Waals surface area contributed by atoms with E-state index in [1.54, 1.807) is 0 Å². The molecule has 0 amide bonds. The average Bonchev–Trinajstić information content (AvgIpc) is 2.08. The zero-order valence-corrected chi connectivity index (χ0v) is 9.33. The second-order valence-electron chi connectivity index (χ2n) is 3.95. The predicted octanol–water partition coefficient (Wildman–Crippen LogP) is 2.78. The highest BCUT2D eigenvalue weighted by Gasteiger charge is 2.13. The molecule has 13 heavy (non-hydrogen) atoms. The van der Waals surface area contributed by atoms with E-state index in [4.69, 9.17) is 0 Å². The van der Waals surface area contributed by atoms with E-state index in [2.05, 4.69) is 47.4 Å². The quantitative estimate of drug-likeness (QED) is 0.552. The standard InChI is InChI=1S/C12H15P/c1-8-5-10-3-4-12(13)7-11(10)6-9(8)2/h3-4,6-8H,5,13H2,1-2H3. The van der Waals surface area contributed by atoms with Gasteiger partial charge in [-0.25, -0.2) is 0 Å². The Morgan fingerprint density at radius 2 is 2.15 bits per heavy atom. The average molecular weight is 190 g/mol. The third-order valence-electron chi connectivity index (χ3n) is 2.86. The maximum Gasteiger partial charge on any atom is -0.0190 e. The lowest BCUT2D eigenvalue weighted by Crippen LogP contribution is -2.09. The number of benzene rings is 1. The van der Waals surface area contributed by atoms with Gasteiger partial charge in [0, 0.05) is 0 Å². The van der Waals surface area contributed by atoms with Crippen LogP contribution >= 0.6 is 9.24 Å². The van der Waals surface area contributed by atoms with Crippen molar-refractivity contribution in [1.82, 2.24) is 0 Å². The van der Waals surface area contributed by atoms with Gasteiger partial charge in [0.2, 0.25) is 0 Å². The van der Waals surface area contributed by atoms with Gasteiger partial charge in [-0.2, -0.15) is 0 Å². The van der Waals surface area contributed by atoms with Crippen molar-refractivity contribution in [3.63, 3.8) is 0 Å². The van der Waals surface area contributed by atoms with Crippen molar-refractivity contribution in [2.24, 2.45) is 5.92 Å². The maximum absolute atomic E-state index is 2.75. The molecule has 0 aromatic heterocycles. The van der Waals surface area contributed by atoms with Crippen molar-refractivity contribution in [2.75, 3.05) is 0 Å². The van der Waals surface area contributed by atoms with E-state index in [0.29, 0.717) is 5.92 Å². The van der Waals surface area contributed by atoms with Gasteiger partial charge in [-0.3, -0.25) is 0 Å². The smallest absolute Gasteiger partial charge is 0.0190 e. The summed E-state index contributed by atoms with van der Waals surface area (Å²) >= 11 is 0. The zero-order valence-electron chi connectivity index (χ0n) is 8.17. The Morgan fingerprint density at radius 3 is 2.92 bits per heavy atom. The van der Waals surface area contributed by atoms with E-state index in [0.717, 1.165) is 0 Å². The van der Waals surface area contributed by atoms with Gasteiger partial charge < -0.3 is 0 Å². The van der Waals surface area contributed by atoms with E-state index in [9.17, 15) is 0 Å². The number of fused-ring (bicyclic) bond motifs is 1. The fourth-order valence-corrected chi connectivity index (χ4v) is 2.09. The molecule has 0 fully saturated rings. The van der Waals surface area contributed by atoms with Gasteiger partial charge in [0.05, 0.1) is 0 Å². The molecule has 0 radical (unpaired) electrons. The molecule has 1 aromatic rings. The first-order valence-electron chi connectivity index (χ1n) is 4.73. The minimum Gasteiger partial charge on any atom is -0.106 e. The molecule has 0 aliphatic heterocycles. The molecule has 0 heterocycles. The van der Waals surface area contributed by atoms with Gasteiger partial charge in [-0.05, 0) is 41.8 Å². The Morgan fingerprint density at radius 1 is 1.38 bits per heavy atom. The normalized spacial score (nSPS) is 20.8. The fourth-order valence-electron chi connectivity index (χ4n) is 1.81. The first kappa shape index (κ1) is 8.97. The monoisotopic (exact) mass is 190 g/mol. The van der Waals surface area contributed by atoms with Crippen molar-refractivity contribution < 1.29 is 0 Å². The van der Waals surface area contributed by atoms with Crippen molar-refractivity contribution in [3.8, 4) is 0 Å². The Balaban J connectivity index is 2.51. The molecule has 0 spiro atoms. The van der Waals surface area contributed by atoms with Crippen LogP contribution < -0.4 is 5.30 Å². The van der Waals surface area contributed by atoms with Gasteiger partial charge in [-0.1, -0.05) is 30.7 Å².